The van der Waals surface area contributed by atoms with Gasteiger partial charge in [0, 0.05) is 5.56 Å². The molecule has 0 amide bonds. The van der Waals surface area contributed by atoms with Crippen molar-refractivity contribution in [3.8, 4) is 11.5 Å². The number of hydrogen-bond donors (Lipinski definition) is 0. The van der Waals surface area contributed by atoms with Gasteiger partial charge in [0.25, 0.3) is 0 Å². The third-order valence-corrected chi connectivity index (χ3v) is 2.99. The van der Waals surface area contributed by atoms with Crippen molar-refractivity contribution < 1.29 is 9.47 Å². The highest BCUT2D eigenvalue weighted by atomic mass is 16.5. The second kappa shape index (κ2) is 4.56. The van der Waals surface area contributed by atoms with E-state index < -0.39 is 0 Å². The molecular formula is C13H20O2. The minimum absolute atomic E-state index is 0.0674. The summed E-state index contributed by atoms with van der Waals surface area (Å²) in [5.41, 5.74) is 1.22. The lowest BCUT2D eigenvalue weighted by atomic mass is 9.81. The minimum atomic E-state index is 0.0674. The summed E-state index contributed by atoms with van der Waals surface area (Å²) < 4.78 is 10.8. The van der Waals surface area contributed by atoms with Crippen molar-refractivity contribution in [1.29, 1.82) is 0 Å². The predicted molar refractivity (Wildman–Crippen MR) is 62.9 cm³/mol. The lowest BCUT2D eigenvalue weighted by Crippen LogP contribution is -2.18. The first-order chi connectivity index (χ1) is 7.06. The van der Waals surface area contributed by atoms with Crippen LogP contribution in [0.2, 0.25) is 0 Å². The van der Waals surface area contributed by atoms with Gasteiger partial charge in [-0.2, -0.15) is 0 Å². The Hall–Kier alpha value is -1.18. The average molecular weight is 208 g/mol. The van der Waals surface area contributed by atoms with Crippen molar-refractivity contribution in [2.75, 3.05) is 14.2 Å². The Bertz CT molecular complexity index is 307. The van der Waals surface area contributed by atoms with Crippen molar-refractivity contribution in [1.82, 2.24) is 0 Å². The smallest absolute Gasteiger partial charge is 0.126 e. The van der Waals surface area contributed by atoms with Crippen LogP contribution in [0.4, 0.5) is 0 Å². The zero-order valence-corrected chi connectivity index (χ0v) is 10.3. The van der Waals surface area contributed by atoms with Crippen molar-refractivity contribution >= 4 is 0 Å². The van der Waals surface area contributed by atoms with E-state index in [1.807, 2.05) is 18.2 Å². The van der Waals surface area contributed by atoms with Gasteiger partial charge in [0.1, 0.15) is 11.5 Å². The molecule has 1 rings (SSSR count). The molecular weight excluding hydrogens is 188 g/mol. The molecule has 1 aromatic rings. The lowest BCUT2D eigenvalue weighted by molar-refractivity contribution is 0.358. The molecule has 0 saturated carbocycles. The van der Waals surface area contributed by atoms with Gasteiger partial charge >= 0.3 is 0 Å². The first kappa shape index (κ1) is 11.9. The highest BCUT2D eigenvalue weighted by molar-refractivity contribution is 5.49. The molecule has 0 N–H and O–H groups in total. The van der Waals surface area contributed by atoms with E-state index in [-0.39, 0.29) is 5.41 Å². The van der Waals surface area contributed by atoms with Gasteiger partial charge in [-0.1, -0.05) is 26.8 Å². The van der Waals surface area contributed by atoms with Crippen LogP contribution in [0.1, 0.15) is 32.8 Å². The van der Waals surface area contributed by atoms with E-state index in [1.54, 1.807) is 14.2 Å². The molecule has 0 radical (unpaired) electrons. The molecule has 0 bridgehead atoms. The summed E-state index contributed by atoms with van der Waals surface area (Å²) in [6, 6.07) is 5.91. The Kier molecular flexibility index (Phi) is 3.61. The van der Waals surface area contributed by atoms with Gasteiger partial charge in [-0.3, -0.25) is 0 Å². The molecule has 0 fully saturated rings. The van der Waals surface area contributed by atoms with Gasteiger partial charge in [-0.05, 0) is 24.0 Å². The topological polar surface area (TPSA) is 18.5 Å². The maximum absolute atomic E-state index is 5.40. The Morgan fingerprint density at radius 1 is 1.07 bits per heavy atom. The molecule has 0 aliphatic rings. The summed E-state index contributed by atoms with van der Waals surface area (Å²) in [4.78, 5) is 0. The Morgan fingerprint density at radius 3 is 1.87 bits per heavy atom. The molecule has 0 aliphatic carbocycles. The Morgan fingerprint density at radius 2 is 1.53 bits per heavy atom. The van der Waals surface area contributed by atoms with Crippen LogP contribution in [0.15, 0.2) is 18.2 Å². The molecule has 2 heteroatoms. The fraction of sp³-hybridized carbons (Fsp3) is 0.538. The fourth-order valence-electron chi connectivity index (χ4n) is 1.70. The number of benzene rings is 1. The van der Waals surface area contributed by atoms with E-state index in [4.69, 9.17) is 9.47 Å². The molecule has 2 nitrogen and oxygen atoms in total. The summed E-state index contributed by atoms with van der Waals surface area (Å²) in [6.07, 6.45) is 1.05. The van der Waals surface area contributed by atoms with Crippen LogP contribution in [-0.4, -0.2) is 14.2 Å². The van der Waals surface area contributed by atoms with E-state index in [0.29, 0.717) is 0 Å². The van der Waals surface area contributed by atoms with Gasteiger partial charge in [0.05, 0.1) is 14.2 Å². The normalized spacial score (nSPS) is 11.3. The summed E-state index contributed by atoms with van der Waals surface area (Å²) in [5, 5.41) is 0. The van der Waals surface area contributed by atoms with Crippen LogP contribution in [0.5, 0.6) is 11.5 Å². The standard InChI is InChI=1S/C13H20O2/c1-6-13(2,3)12-10(14-4)8-7-9-11(12)15-5/h7-9H,6H2,1-5H3. The number of ether oxygens (including phenoxy) is 2. The van der Waals surface area contributed by atoms with Crippen LogP contribution in [0, 0.1) is 0 Å². The van der Waals surface area contributed by atoms with Crippen molar-refractivity contribution in [2.45, 2.75) is 32.6 Å². The molecule has 0 aliphatic heterocycles. The maximum atomic E-state index is 5.40. The third kappa shape index (κ3) is 2.25. The van der Waals surface area contributed by atoms with Crippen molar-refractivity contribution in [3.05, 3.63) is 23.8 Å². The Balaban J connectivity index is 3.34. The molecule has 0 heterocycles. The summed E-state index contributed by atoms with van der Waals surface area (Å²) in [7, 11) is 3.40. The SMILES string of the molecule is CCC(C)(C)c1c(OC)cccc1OC. The summed E-state index contributed by atoms with van der Waals surface area (Å²) in [5.74, 6) is 1.81. The van der Waals surface area contributed by atoms with E-state index in [0.717, 1.165) is 23.5 Å². The van der Waals surface area contributed by atoms with Crippen molar-refractivity contribution in [2.24, 2.45) is 0 Å². The zero-order valence-electron chi connectivity index (χ0n) is 10.3. The number of methoxy groups -OCH3 is 2. The van der Waals surface area contributed by atoms with Gasteiger partial charge in [-0.25, -0.2) is 0 Å². The van der Waals surface area contributed by atoms with E-state index in [2.05, 4.69) is 20.8 Å². The van der Waals surface area contributed by atoms with Crippen LogP contribution in [0.25, 0.3) is 0 Å². The molecule has 0 saturated heterocycles. The lowest BCUT2D eigenvalue weighted by Gasteiger charge is -2.27. The number of hydrogen-bond acceptors (Lipinski definition) is 2. The summed E-state index contributed by atoms with van der Waals surface area (Å²) in [6.45, 7) is 6.58. The Labute approximate surface area is 92.2 Å². The first-order valence-electron chi connectivity index (χ1n) is 5.28. The second-order valence-corrected chi connectivity index (χ2v) is 4.27. The molecule has 0 spiro atoms. The molecule has 1 aromatic carbocycles. The molecule has 0 atom stereocenters. The molecule has 15 heavy (non-hydrogen) atoms. The highest BCUT2D eigenvalue weighted by Gasteiger charge is 2.26. The predicted octanol–water partition coefficient (Wildman–Crippen LogP) is 3.39. The second-order valence-electron chi connectivity index (χ2n) is 4.27. The minimum Gasteiger partial charge on any atom is -0.496 e. The largest absolute Gasteiger partial charge is 0.496 e. The fourth-order valence-corrected chi connectivity index (χ4v) is 1.70. The first-order valence-corrected chi connectivity index (χ1v) is 5.28. The molecule has 0 aromatic heterocycles. The van der Waals surface area contributed by atoms with Gasteiger partial charge < -0.3 is 9.47 Å². The van der Waals surface area contributed by atoms with Crippen molar-refractivity contribution in [3.63, 3.8) is 0 Å². The van der Waals surface area contributed by atoms with E-state index in [9.17, 15) is 0 Å². The highest BCUT2D eigenvalue weighted by Crippen LogP contribution is 2.40. The van der Waals surface area contributed by atoms with Crippen LogP contribution < -0.4 is 9.47 Å². The zero-order chi connectivity index (χ0) is 11.5. The van der Waals surface area contributed by atoms with Gasteiger partial charge in [0.2, 0.25) is 0 Å². The quantitative estimate of drug-likeness (QED) is 0.755. The molecule has 0 unspecified atom stereocenters. The third-order valence-electron chi connectivity index (χ3n) is 2.99. The van der Waals surface area contributed by atoms with E-state index >= 15 is 0 Å². The van der Waals surface area contributed by atoms with Crippen LogP contribution >= 0.6 is 0 Å². The monoisotopic (exact) mass is 208 g/mol. The van der Waals surface area contributed by atoms with Crippen LogP contribution in [-0.2, 0) is 5.41 Å². The maximum Gasteiger partial charge on any atom is 0.126 e. The average Bonchev–Trinajstić information content (AvgIpc) is 2.27. The van der Waals surface area contributed by atoms with E-state index in [1.165, 1.54) is 0 Å². The van der Waals surface area contributed by atoms with Crippen LogP contribution in [0.3, 0.4) is 0 Å². The molecule has 84 valence electrons. The number of rotatable bonds is 4. The summed E-state index contributed by atoms with van der Waals surface area (Å²) >= 11 is 0. The van der Waals surface area contributed by atoms with Gasteiger partial charge in [0.15, 0.2) is 0 Å². The van der Waals surface area contributed by atoms with Gasteiger partial charge in [-0.15, -0.1) is 0 Å².